The number of fused-ring (bicyclic) bond motifs is 1. The third kappa shape index (κ3) is 2.76. The molecule has 0 bridgehead atoms. The summed E-state index contributed by atoms with van der Waals surface area (Å²) in [6.07, 6.45) is 1.74. The van der Waals surface area contributed by atoms with Crippen molar-refractivity contribution >= 4 is 34.1 Å². The summed E-state index contributed by atoms with van der Waals surface area (Å²) >= 11 is 7.57. The highest BCUT2D eigenvalue weighted by molar-refractivity contribution is 7.98. The molecular weight excluding hydrogens is 295 g/mol. The van der Waals surface area contributed by atoms with Gasteiger partial charge in [0, 0.05) is 21.5 Å². The molecule has 0 radical (unpaired) electrons. The minimum Gasteiger partial charge on any atom is -0.207 e. The molecular formula is C15H10ClFN2S. The first-order chi connectivity index (χ1) is 9.74. The molecule has 0 amide bonds. The monoisotopic (exact) mass is 304 g/mol. The van der Waals surface area contributed by atoms with Gasteiger partial charge in [0.05, 0.1) is 6.20 Å². The highest BCUT2D eigenvalue weighted by Gasteiger charge is 2.07. The van der Waals surface area contributed by atoms with E-state index < -0.39 is 0 Å². The molecule has 3 aromatic rings. The number of halogens is 2. The molecule has 0 unspecified atom stereocenters. The van der Waals surface area contributed by atoms with Gasteiger partial charge in [-0.25, -0.2) is 4.39 Å². The summed E-state index contributed by atoms with van der Waals surface area (Å²) in [5.74, 6) is 0.302. The van der Waals surface area contributed by atoms with Crippen LogP contribution < -0.4 is 0 Å². The van der Waals surface area contributed by atoms with Gasteiger partial charge in [0.15, 0.2) is 0 Å². The molecule has 0 fully saturated rings. The Morgan fingerprint density at radius 2 is 2.00 bits per heavy atom. The number of benzene rings is 2. The van der Waals surface area contributed by atoms with Gasteiger partial charge in [0.1, 0.15) is 10.8 Å². The van der Waals surface area contributed by atoms with Gasteiger partial charge in [-0.2, -0.15) is 5.10 Å². The third-order valence-corrected chi connectivity index (χ3v) is 4.30. The van der Waals surface area contributed by atoms with Crippen molar-refractivity contribution < 1.29 is 4.39 Å². The van der Waals surface area contributed by atoms with Gasteiger partial charge in [-0.1, -0.05) is 53.7 Å². The van der Waals surface area contributed by atoms with Gasteiger partial charge >= 0.3 is 0 Å². The van der Waals surface area contributed by atoms with Crippen LogP contribution in [0.3, 0.4) is 0 Å². The van der Waals surface area contributed by atoms with Crippen molar-refractivity contribution in [3.63, 3.8) is 0 Å². The Morgan fingerprint density at radius 1 is 1.15 bits per heavy atom. The maximum Gasteiger partial charge on any atom is 0.127 e. The smallest absolute Gasteiger partial charge is 0.127 e. The molecule has 1 aromatic heterocycles. The van der Waals surface area contributed by atoms with Crippen LogP contribution in [0.2, 0.25) is 5.02 Å². The van der Waals surface area contributed by atoms with Crippen LogP contribution in [0, 0.1) is 5.82 Å². The summed E-state index contributed by atoms with van der Waals surface area (Å²) in [5, 5.41) is 11.6. The van der Waals surface area contributed by atoms with E-state index in [9.17, 15) is 4.39 Å². The molecule has 2 nitrogen and oxygen atoms in total. The van der Waals surface area contributed by atoms with E-state index in [2.05, 4.69) is 10.2 Å². The Bertz CT molecular complexity index is 758. The predicted octanol–water partition coefficient (Wildman–Crippen LogP) is 4.71. The molecule has 100 valence electrons. The Morgan fingerprint density at radius 3 is 2.85 bits per heavy atom. The van der Waals surface area contributed by atoms with Crippen molar-refractivity contribution in [2.75, 3.05) is 0 Å². The first kappa shape index (κ1) is 13.3. The van der Waals surface area contributed by atoms with E-state index in [1.54, 1.807) is 24.0 Å². The highest BCUT2D eigenvalue weighted by Crippen LogP contribution is 2.29. The fourth-order valence-electron chi connectivity index (χ4n) is 1.89. The first-order valence-electron chi connectivity index (χ1n) is 6.01. The second-order valence-corrected chi connectivity index (χ2v) is 5.63. The number of thioether (sulfide) groups is 1. The minimum atomic E-state index is -0.325. The highest BCUT2D eigenvalue weighted by atomic mass is 35.5. The van der Waals surface area contributed by atoms with Crippen LogP contribution in [0.1, 0.15) is 5.56 Å². The SMILES string of the molecule is Fc1ccc(CSc2nncc3ccccc23)c(Cl)c1. The topological polar surface area (TPSA) is 25.8 Å². The fraction of sp³-hybridized carbons (Fsp3) is 0.0667. The fourth-order valence-corrected chi connectivity index (χ4v) is 3.20. The quantitative estimate of drug-likeness (QED) is 0.655. The van der Waals surface area contributed by atoms with Gasteiger partial charge < -0.3 is 0 Å². The summed E-state index contributed by atoms with van der Waals surface area (Å²) in [5.41, 5.74) is 0.882. The molecule has 2 aromatic carbocycles. The molecule has 0 N–H and O–H groups in total. The van der Waals surface area contributed by atoms with E-state index in [1.165, 1.54) is 12.1 Å². The molecule has 0 atom stereocenters. The van der Waals surface area contributed by atoms with Crippen molar-refractivity contribution in [3.05, 3.63) is 65.1 Å². The lowest BCUT2D eigenvalue weighted by Crippen LogP contribution is -1.89. The summed E-state index contributed by atoms with van der Waals surface area (Å²) in [4.78, 5) is 0. The zero-order valence-electron chi connectivity index (χ0n) is 10.4. The van der Waals surface area contributed by atoms with Gasteiger partial charge in [-0.05, 0) is 17.7 Å². The van der Waals surface area contributed by atoms with Gasteiger partial charge in [0.25, 0.3) is 0 Å². The lowest BCUT2D eigenvalue weighted by atomic mass is 10.2. The van der Waals surface area contributed by atoms with Crippen LogP contribution in [-0.2, 0) is 5.75 Å². The van der Waals surface area contributed by atoms with Crippen LogP contribution in [-0.4, -0.2) is 10.2 Å². The van der Waals surface area contributed by atoms with Crippen molar-refractivity contribution in [3.8, 4) is 0 Å². The zero-order chi connectivity index (χ0) is 13.9. The van der Waals surface area contributed by atoms with E-state index in [-0.39, 0.29) is 5.82 Å². The molecule has 1 heterocycles. The third-order valence-electron chi connectivity index (χ3n) is 2.92. The van der Waals surface area contributed by atoms with Crippen LogP contribution in [0.5, 0.6) is 0 Å². The van der Waals surface area contributed by atoms with E-state index in [0.717, 1.165) is 21.4 Å². The lowest BCUT2D eigenvalue weighted by Gasteiger charge is -2.06. The minimum absolute atomic E-state index is 0.325. The molecule has 20 heavy (non-hydrogen) atoms. The second kappa shape index (κ2) is 5.77. The molecule has 0 aliphatic rings. The number of hydrogen-bond acceptors (Lipinski definition) is 3. The number of aromatic nitrogens is 2. The van der Waals surface area contributed by atoms with Crippen LogP contribution >= 0.6 is 23.4 Å². The lowest BCUT2D eigenvalue weighted by molar-refractivity contribution is 0.627. The average Bonchev–Trinajstić information content (AvgIpc) is 2.46. The number of rotatable bonds is 3. The largest absolute Gasteiger partial charge is 0.207 e. The maximum atomic E-state index is 13.0. The van der Waals surface area contributed by atoms with E-state index in [1.807, 2.05) is 24.3 Å². The van der Waals surface area contributed by atoms with E-state index in [4.69, 9.17) is 11.6 Å². The predicted molar refractivity (Wildman–Crippen MR) is 80.5 cm³/mol. The molecule has 3 rings (SSSR count). The maximum absolute atomic E-state index is 13.0. The van der Waals surface area contributed by atoms with Crippen LogP contribution in [0.4, 0.5) is 4.39 Å². The molecule has 0 saturated heterocycles. The van der Waals surface area contributed by atoms with Crippen LogP contribution in [0.25, 0.3) is 10.8 Å². The summed E-state index contributed by atoms with van der Waals surface area (Å²) in [6, 6.07) is 12.4. The van der Waals surface area contributed by atoms with Crippen molar-refractivity contribution in [2.24, 2.45) is 0 Å². The first-order valence-corrected chi connectivity index (χ1v) is 7.37. The van der Waals surface area contributed by atoms with Crippen LogP contribution in [0.15, 0.2) is 53.7 Å². The summed E-state index contributed by atoms with van der Waals surface area (Å²) < 4.78 is 13.0. The Labute approximate surface area is 125 Å². The van der Waals surface area contributed by atoms with Gasteiger partial charge in [0.2, 0.25) is 0 Å². The summed E-state index contributed by atoms with van der Waals surface area (Å²) in [7, 11) is 0. The molecule has 5 heteroatoms. The molecule has 0 spiro atoms. The summed E-state index contributed by atoms with van der Waals surface area (Å²) in [6.45, 7) is 0. The number of hydrogen-bond donors (Lipinski definition) is 0. The zero-order valence-corrected chi connectivity index (χ0v) is 12.0. The van der Waals surface area contributed by atoms with Gasteiger partial charge in [-0.3, -0.25) is 0 Å². The average molecular weight is 305 g/mol. The number of nitrogens with zero attached hydrogens (tertiary/aromatic N) is 2. The standard InChI is InChI=1S/C15H10ClFN2S/c16-14-7-12(17)6-5-11(14)9-20-15-13-4-2-1-3-10(13)8-18-19-15/h1-8H,9H2. The normalized spacial score (nSPS) is 10.9. The van der Waals surface area contributed by atoms with Crippen molar-refractivity contribution in [1.82, 2.24) is 10.2 Å². The van der Waals surface area contributed by atoms with Gasteiger partial charge in [-0.15, -0.1) is 5.10 Å². The molecule has 0 aliphatic heterocycles. The Hall–Kier alpha value is -1.65. The Kier molecular flexibility index (Phi) is 3.85. The molecule has 0 aliphatic carbocycles. The molecule has 0 saturated carbocycles. The Balaban J connectivity index is 1.87. The van der Waals surface area contributed by atoms with E-state index >= 15 is 0 Å². The van der Waals surface area contributed by atoms with Crippen molar-refractivity contribution in [2.45, 2.75) is 10.8 Å². The van der Waals surface area contributed by atoms with E-state index in [0.29, 0.717) is 10.8 Å². The second-order valence-electron chi connectivity index (χ2n) is 4.26. The van der Waals surface area contributed by atoms with Crippen molar-refractivity contribution in [1.29, 1.82) is 0 Å².